The number of carbonyl (C=O) groups is 7. The topological polar surface area (TPSA) is 258 Å². The second-order valence-electron chi connectivity index (χ2n) is 21.9. The number of rotatable bonds is 19. The largest absolute Gasteiger partial charge is 0.505 e. The second-order valence-corrected chi connectivity index (χ2v) is 25.4. The average molecular weight is 1350 g/mol. The van der Waals surface area contributed by atoms with Crippen LogP contribution in [0.4, 0.5) is 9.59 Å². The molecule has 3 unspecified atom stereocenters. The number of hydrogen-bond acceptors (Lipinski definition) is 19. The van der Waals surface area contributed by atoms with Crippen LogP contribution in [0.15, 0.2) is 73.8 Å². The highest BCUT2D eigenvalue weighted by atomic mass is 127. The first-order valence-electron chi connectivity index (χ1n) is 28.6. The Labute approximate surface area is 528 Å². The number of esters is 3. The van der Waals surface area contributed by atoms with Crippen molar-refractivity contribution in [1.29, 1.82) is 0 Å². The van der Waals surface area contributed by atoms with Gasteiger partial charge in [0.2, 0.25) is 0 Å². The number of ether oxygens (including phenoxy) is 8. The van der Waals surface area contributed by atoms with Crippen LogP contribution < -0.4 is 8.85 Å². The molecule has 3 saturated carbocycles. The van der Waals surface area contributed by atoms with Crippen molar-refractivity contribution in [3.8, 4) is 0 Å². The van der Waals surface area contributed by atoms with Crippen molar-refractivity contribution in [2.24, 2.45) is 40.4 Å². The zero-order valence-electron chi connectivity index (χ0n) is 52.3. The van der Waals surface area contributed by atoms with E-state index < -0.39 is 100 Å². The Kier molecular flexibility index (Phi) is 37.6. The van der Waals surface area contributed by atoms with Gasteiger partial charge in [0, 0.05) is 104 Å². The number of amides is 1. The lowest BCUT2D eigenvalue weighted by Gasteiger charge is -2.67. The molecule has 4 fully saturated rings. The van der Waals surface area contributed by atoms with Gasteiger partial charge in [0.05, 0.1) is 48.9 Å². The Balaban J connectivity index is 0.00000210. The van der Waals surface area contributed by atoms with Crippen LogP contribution >= 0.6 is 44.5 Å². The van der Waals surface area contributed by atoms with Gasteiger partial charge >= 0.3 is 30.2 Å². The molecule has 0 radical (unpaired) electrons. The van der Waals surface area contributed by atoms with E-state index in [0.29, 0.717) is 36.3 Å². The maximum absolute atomic E-state index is 15.4. The minimum absolute atomic E-state index is 0. The number of alkyl carbamates (subject to hydrolysis) is 1. The summed E-state index contributed by atoms with van der Waals surface area (Å²) >= 11 is 2.09. The van der Waals surface area contributed by atoms with Crippen LogP contribution in [0.3, 0.4) is 0 Å². The lowest BCUT2D eigenvalue weighted by Crippen LogP contribution is -2.78. The number of benzene rings is 2. The van der Waals surface area contributed by atoms with E-state index in [-0.39, 0.29) is 50.0 Å². The minimum Gasteiger partial charge on any atom is -0.469 e. The lowest BCUT2D eigenvalue weighted by molar-refractivity contribution is -0.310. The molecule has 19 nitrogen and oxygen atoms in total. The van der Waals surface area contributed by atoms with Crippen LogP contribution in [-0.4, -0.2) is 146 Å². The van der Waals surface area contributed by atoms with Crippen molar-refractivity contribution in [3.05, 3.63) is 84.9 Å². The summed E-state index contributed by atoms with van der Waals surface area (Å²) in [5.74, 6) is -2.81. The van der Waals surface area contributed by atoms with Gasteiger partial charge in [-0.05, 0) is 78.0 Å². The third kappa shape index (κ3) is 22.4. The SMILES string of the molecule is C.C=C.CC.CCCC(C)=O.CC[C@@]1(C)C2C(C)[C@@H](OC(=O)[C@H](C)[C@@H](NC(=O)OC(C)(C)C)c3ccccc3)C[C@@]1(O)[C@@H](OC(=O)c1ccccc1)C1[C@@H]3CO[C@@H]3C[C@H](OC)[C@@]1(C)C(=O)[C@@H]2OC.COC(C)=O.O=C(O)OCCSSCCNI. The van der Waals surface area contributed by atoms with E-state index in [2.05, 4.69) is 54.3 Å². The molecule has 6 rings (SSSR count). The Morgan fingerprint density at radius 2 is 1.46 bits per heavy atom. The highest BCUT2D eigenvalue weighted by Gasteiger charge is 2.75. The fourth-order valence-corrected chi connectivity index (χ4v) is 13.8. The fraction of sp³-hybridized carbons (Fsp3) is 0.667. The molecule has 0 spiro atoms. The number of fused-ring (bicyclic) bond motifs is 5. The van der Waals surface area contributed by atoms with Crippen molar-refractivity contribution >= 4 is 86.2 Å². The molecule has 0 aromatic heterocycles. The predicted octanol–water partition coefficient (Wildman–Crippen LogP) is 12.5. The number of methoxy groups -OCH3 is 3. The Hall–Kier alpha value is -4.30. The summed E-state index contributed by atoms with van der Waals surface area (Å²) in [6, 6.07) is 16.9. The molecule has 1 aliphatic heterocycles. The number of nitrogens with one attached hydrogen (secondary N) is 2. The van der Waals surface area contributed by atoms with Gasteiger partial charge in [-0.1, -0.05) is 119 Å². The summed E-state index contributed by atoms with van der Waals surface area (Å²) in [7, 11) is 7.74. The van der Waals surface area contributed by atoms with Crippen molar-refractivity contribution in [1.82, 2.24) is 8.85 Å². The van der Waals surface area contributed by atoms with Crippen LogP contribution in [0.25, 0.3) is 0 Å². The van der Waals surface area contributed by atoms with Crippen molar-refractivity contribution in [2.75, 3.05) is 52.6 Å². The monoisotopic (exact) mass is 1350 g/mol. The maximum atomic E-state index is 15.4. The van der Waals surface area contributed by atoms with Gasteiger partial charge in [-0.3, -0.25) is 17.9 Å². The first-order valence-corrected chi connectivity index (χ1v) is 32.2. The molecule has 4 N–H and O–H groups in total. The van der Waals surface area contributed by atoms with Gasteiger partial charge in [0.1, 0.15) is 41.9 Å². The highest BCUT2D eigenvalue weighted by molar-refractivity contribution is 14.1. The first kappa shape index (κ1) is 80.7. The van der Waals surface area contributed by atoms with Gasteiger partial charge in [-0.2, -0.15) is 0 Å². The average Bonchev–Trinajstić information content (AvgIpc) is 0.793. The van der Waals surface area contributed by atoms with Crippen LogP contribution in [-0.2, 0) is 57.1 Å². The lowest BCUT2D eigenvalue weighted by atomic mass is 9.42. The summed E-state index contributed by atoms with van der Waals surface area (Å²) in [6.07, 6.45) is -3.55. The zero-order chi connectivity index (χ0) is 64.2. The van der Waals surface area contributed by atoms with Crippen molar-refractivity contribution in [2.45, 2.75) is 177 Å². The van der Waals surface area contributed by atoms with Crippen LogP contribution in [0.5, 0.6) is 0 Å². The van der Waals surface area contributed by atoms with E-state index in [0.717, 1.165) is 25.1 Å². The van der Waals surface area contributed by atoms with Crippen LogP contribution in [0, 0.1) is 40.4 Å². The highest BCUT2D eigenvalue weighted by Crippen LogP contribution is 2.65. The maximum Gasteiger partial charge on any atom is 0.505 e. The molecule has 14 atom stereocenters. The summed E-state index contributed by atoms with van der Waals surface area (Å²) in [5.41, 5.74) is -3.98. The smallest absolute Gasteiger partial charge is 0.469 e. The van der Waals surface area contributed by atoms with E-state index in [9.17, 15) is 33.9 Å². The summed E-state index contributed by atoms with van der Waals surface area (Å²) in [5, 5.41) is 24.8. The Morgan fingerprint density at radius 3 is 1.91 bits per heavy atom. The summed E-state index contributed by atoms with van der Waals surface area (Å²) < 4.78 is 48.5. The molecule has 22 heteroatoms. The minimum atomic E-state index is -1.84. The third-order valence-electron chi connectivity index (χ3n) is 15.7. The van der Waals surface area contributed by atoms with Crippen molar-refractivity contribution in [3.63, 3.8) is 0 Å². The van der Waals surface area contributed by atoms with Gasteiger partial charge in [-0.15, -0.1) is 13.2 Å². The zero-order valence-corrected chi connectivity index (χ0v) is 56.1. The molecule has 1 heterocycles. The van der Waals surface area contributed by atoms with E-state index in [1.165, 1.54) is 21.1 Å². The van der Waals surface area contributed by atoms with Gasteiger partial charge in [0.25, 0.3) is 0 Å². The Bertz CT molecular complexity index is 2330. The third-order valence-corrected chi connectivity index (χ3v) is 18.6. The number of aliphatic hydroxyl groups is 1. The number of ketones is 2. The van der Waals surface area contributed by atoms with Gasteiger partial charge in [-0.25, -0.2) is 14.4 Å². The molecule has 2 aromatic carbocycles. The molecule has 2 bridgehead atoms. The molecule has 484 valence electrons. The van der Waals surface area contributed by atoms with E-state index in [4.69, 9.17) is 33.5 Å². The number of halogens is 1. The summed E-state index contributed by atoms with van der Waals surface area (Å²) in [6.45, 7) is 31.1. The molecular weight excluding hydrogens is 1250 g/mol. The van der Waals surface area contributed by atoms with Crippen molar-refractivity contribution < 1.29 is 81.7 Å². The standard InChI is InChI=1S/C45H61NO11.C5H10INO3S2.C5H10O.C3H6O2.C2H6.C2H4.CH4/c1-11-43(7)33-25(2)31(55-39(48)26(3)35(27-18-14-12-15-19-27)46-41(50)57-42(4,5)6)23-45(43,51)38(56-40(49)28-20-16-13-17-21-28)34-29-24-54-30(29)22-32(52-9)44(34,8)37(47)36(33)53-10;6-7-1-3-11-12-4-2-10-5(8)9;1-3-4-5(2)6;1-3(4)5-2;2*1-2;/h12-21,25-26,29-36,38,51H,11,22-24H2,1-10H3,(H,46,50);7H,1-4H2,(H,8,9);3-4H2,1-2H3;1-2H3;1-2H3;1-2H2;1H4/t25?,26-,29-,30-,31+,32+,33?,34?,35-,36-,38+,43+,44-,45-;;;;;;/m1....../s1. The number of carboxylic acid groups (broad SMARTS) is 1. The molecule has 4 aliphatic rings. The van der Waals surface area contributed by atoms with Crippen LogP contribution in [0.1, 0.15) is 152 Å². The number of carbonyl (C=O) groups excluding carboxylic acids is 6. The molecule has 1 saturated heterocycles. The molecule has 2 aromatic rings. The molecular formula is C63H101IN2O17S2. The van der Waals surface area contributed by atoms with Crippen LogP contribution in [0.2, 0.25) is 0 Å². The van der Waals surface area contributed by atoms with Gasteiger partial charge < -0.3 is 58.2 Å². The first-order chi connectivity index (χ1) is 39.7. The molecule has 85 heavy (non-hydrogen) atoms. The fourth-order valence-electron chi connectivity index (χ4n) is 11.5. The predicted molar refractivity (Wildman–Crippen MR) is 343 cm³/mol. The second kappa shape index (κ2) is 39.6. The van der Waals surface area contributed by atoms with E-state index in [1.54, 1.807) is 93.6 Å². The molecule has 3 aliphatic carbocycles. The molecule has 1 amide bonds. The normalized spacial score (nSPS) is 27.4. The number of Topliss-reactive ketones (excluding diaryl/α,β-unsaturated/α-hetero) is 2. The summed E-state index contributed by atoms with van der Waals surface area (Å²) in [4.78, 5) is 86.7. The van der Waals surface area contributed by atoms with E-state index >= 15 is 4.79 Å². The van der Waals surface area contributed by atoms with E-state index in [1.807, 2.05) is 78.8 Å². The Morgan fingerprint density at radius 1 is 0.894 bits per heavy atom. The quantitative estimate of drug-likeness (QED) is 0.0194. The number of hydrogen-bond donors (Lipinski definition) is 4. The van der Waals surface area contributed by atoms with Gasteiger partial charge in [0.15, 0.2) is 5.78 Å².